The second-order valence-corrected chi connectivity index (χ2v) is 4.96. The second-order valence-electron chi connectivity index (χ2n) is 4.96. The van der Waals surface area contributed by atoms with E-state index in [1.165, 1.54) is 26.0 Å². The van der Waals surface area contributed by atoms with E-state index >= 15 is 0 Å². The van der Waals surface area contributed by atoms with Gasteiger partial charge in [-0.1, -0.05) is 36.4 Å². The molecule has 0 aliphatic heterocycles. The molecule has 0 fully saturated rings. The topological polar surface area (TPSA) is 43.1 Å². The van der Waals surface area contributed by atoms with Crippen LogP contribution in [0.25, 0.3) is 0 Å². The highest BCUT2D eigenvalue weighted by molar-refractivity contribution is 6.03. The first-order valence-electron chi connectivity index (χ1n) is 6.19. The third kappa shape index (κ3) is 2.34. The van der Waals surface area contributed by atoms with Crippen molar-refractivity contribution in [3.05, 3.63) is 70.8 Å². The molecule has 2 nitrogen and oxygen atoms in total. The molecule has 1 atom stereocenters. The summed E-state index contributed by atoms with van der Waals surface area (Å²) in [5.41, 5.74) is 4.98. The summed E-state index contributed by atoms with van der Waals surface area (Å²) in [5, 5.41) is 0. The number of carbonyl (C=O) groups excluding carboxylic acids is 1. The van der Waals surface area contributed by atoms with Crippen molar-refractivity contribution in [2.75, 3.05) is 0 Å². The fraction of sp³-hybridized carbons (Fsp3) is 0.188. The summed E-state index contributed by atoms with van der Waals surface area (Å²) in [6.45, 7) is 2.92. The van der Waals surface area contributed by atoms with Crippen molar-refractivity contribution in [2.24, 2.45) is 5.73 Å². The highest BCUT2D eigenvalue weighted by Crippen LogP contribution is 2.25. The first-order chi connectivity index (χ1) is 9.35. The summed E-state index contributed by atoms with van der Waals surface area (Å²) in [4.78, 5) is 12.4. The highest BCUT2D eigenvalue weighted by atomic mass is 19.2. The van der Waals surface area contributed by atoms with Gasteiger partial charge in [0.2, 0.25) is 0 Å². The van der Waals surface area contributed by atoms with Crippen molar-refractivity contribution in [1.29, 1.82) is 0 Å². The lowest BCUT2D eigenvalue weighted by molar-refractivity contribution is 0.0894. The van der Waals surface area contributed by atoms with Crippen LogP contribution in [-0.2, 0) is 5.54 Å². The van der Waals surface area contributed by atoms with Gasteiger partial charge in [-0.15, -0.1) is 0 Å². The van der Waals surface area contributed by atoms with Crippen LogP contribution in [0, 0.1) is 18.6 Å². The van der Waals surface area contributed by atoms with Crippen LogP contribution >= 0.6 is 0 Å². The maximum atomic E-state index is 13.9. The molecule has 0 saturated heterocycles. The molecule has 0 aromatic heterocycles. The Kier molecular flexibility index (Phi) is 3.68. The molecule has 0 saturated carbocycles. The van der Waals surface area contributed by atoms with Gasteiger partial charge in [-0.05, 0) is 31.0 Å². The standard InChI is InChI=1S/C16H15F2NO/c1-10-8-9-12(14(18)13(10)17)15(20)16(2,19)11-6-4-3-5-7-11/h3-9H,19H2,1-2H3. The third-order valence-corrected chi connectivity index (χ3v) is 3.37. The minimum Gasteiger partial charge on any atom is -0.315 e. The van der Waals surface area contributed by atoms with Gasteiger partial charge in [0.15, 0.2) is 17.4 Å². The lowest BCUT2D eigenvalue weighted by Crippen LogP contribution is -2.42. The molecule has 0 aliphatic rings. The quantitative estimate of drug-likeness (QED) is 0.873. The molecule has 2 rings (SSSR count). The number of ketones is 1. The molecule has 0 spiro atoms. The number of aryl methyl sites for hydroxylation is 1. The van der Waals surface area contributed by atoms with Crippen molar-refractivity contribution < 1.29 is 13.6 Å². The van der Waals surface area contributed by atoms with Crippen molar-refractivity contribution >= 4 is 5.78 Å². The van der Waals surface area contributed by atoms with Crippen LogP contribution in [0.2, 0.25) is 0 Å². The molecule has 20 heavy (non-hydrogen) atoms. The molecule has 4 heteroatoms. The Labute approximate surface area is 116 Å². The molecule has 0 radical (unpaired) electrons. The zero-order valence-electron chi connectivity index (χ0n) is 11.3. The lowest BCUT2D eigenvalue weighted by Gasteiger charge is -2.24. The van der Waals surface area contributed by atoms with Crippen LogP contribution in [0.4, 0.5) is 8.78 Å². The van der Waals surface area contributed by atoms with Gasteiger partial charge >= 0.3 is 0 Å². The van der Waals surface area contributed by atoms with Crippen LogP contribution in [0.5, 0.6) is 0 Å². The zero-order valence-corrected chi connectivity index (χ0v) is 11.3. The lowest BCUT2D eigenvalue weighted by atomic mass is 9.85. The van der Waals surface area contributed by atoms with Crippen molar-refractivity contribution in [1.82, 2.24) is 0 Å². The molecular formula is C16H15F2NO. The Morgan fingerprint density at radius 2 is 1.65 bits per heavy atom. The van der Waals surface area contributed by atoms with E-state index in [1.807, 2.05) is 0 Å². The van der Waals surface area contributed by atoms with Gasteiger partial charge < -0.3 is 5.73 Å². The summed E-state index contributed by atoms with van der Waals surface area (Å²) >= 11 is 0. The van der Waals surface area contributed by atoms with E-state index in [0.29, 0.717) is 5.56 Å². The predicted octanol–water partition coefficient (Wildman–Crippen LogP) is 3.33. The average Bonchev–Trinajstić information content (AvgIpc) is 2.45. The Morgan fingerprint density at radius 1 is 1.05 bits per heavy atom. The SMILES string of the molecule is Cc1ccc(C(=O)C(C)(N)c2ccccc2)c(F)c1F. The number of benzene rings is 2. The summed E-state index contributed by atoms with van der Waals surface area (Å²) in [6.07, 6.45) is 0. The summed E-state index contributed by atoms with van der Waals surface area (Å²) in [7, 11) is 0. The molecule has 2 aromatic carbocycles. The van der Waals surface area contributed by atoms with E-state index in [9.17, 15) is 13.6 Å². The van der Waals surface area contributed by atoms with Crippen LogP contribution < -0.4 is 5.73 Å². The number of rotatable bonds is 3. The van der Waals surface area contributed by atoms with Gasteiger partial charge in [-0.3, -0.25) is 4.79 Å². The molecule has 2 N–H and O–H groups in total. The van der Waals surface area contributed by atoms with E-state index in [4.69, 9.17) is 5.73 Å². The number of hydrogen-bond acceptors (Lipinski definition) is 2. The average molecular weight is 275 g/mol. The Morgan fingerprint density at radius 3 is 2.25 bits per heavy atom. The molecule has 1 unspecified atom stereocenters. The Hall–Kier alpha value is -2.07. The van der Waals surface area contributed by atoms with Gasteiger partial charge in [0.25, 0.3) is 0 Å². The van der Waals surface area contributed by atoms with E-state index in [0.717, 1.165) is 0 Å². The van der Waals surface area contributed by atoms with Crippen LogP contribution in [-0.4, -0.2) is 5.78 Å². The Bertz CT molecular complexity index is 651. The Balaban J connectivity index is 2.49. The fourth-order valence-electron chi connectivity index (χ4n) is 2.02. The number of carbonyl (C=O) groups is 1. The smallest absolute Gasteiger partial charge is 0.189 e. The third-order valence-electron chi connectivity index (χ3n) is 3.37. The molecular weight excluding hydrogens is 260 g/mol. The van der Waals surface area contributed by atoms with Gasteiger partial charge in [0, 0.05) is 0 Å². The summed E-state index contributed by atoms with van der Waals surface area (Å²) in [5.74, 6) is -2.82. The number of nitrogens with two attached hydrogens (primary N) is 1. The fourth-order valence-corrected chi connectivity index (χ4v) is 2.02. The highest BCUT2D eigenvalue weighted by Gasteiger charge is 2.33. The van der Waals surface area contributed by atoms with Crippen LogP contribution in [0.15, 0.2) is 42.5 Å². The number of halogens is 2. The predicted molar refractivity (Wildman–Crippen MR) is 73.4 cm³/mol. The van der Waals surface area contributed by atoms with Gasteiger partial charge in [-0.25, -0.2) is 8.78 Å². The van der Waals surface area contributed by atoms with Crippen molar-refractivity contribution in [3.8, 4) is 0 Å². The van der Waals surface area contributed by atoms with Crippen molar-refractivity contribution in [2.45, 2.75) is 19.4 Å². The monoisotopic (exact) mass is 275 g/mol. The summed E-state index contributed by atoms with van der Waals surface area (Å²) < 4.78 is 27.5. The van der Waals surface area contributed by atoms with Gasteiger partial charge in [0.1, 0.15) is 5.54 Å². The first-order valence-corrected chi connectivity index (χ1v) is 6.19. The van der Waals surface area contributed by atoms with Crippen molar-refractivity contribution in [3.63, 3.8) is 0 Å². The number of Topliss-reactive ketones (excluding diaryl/α,β-unsaturated/α-hetero) is 1. The van der Waals surface area contributed by atoms with E-state index in [-0.39, 0.29) is 11.1 Å². The van der Waals surface area contributed by atoms with Crippen LogP contribution in [0.3, 0.4) is 0 Å². The normalized spacial score (nSPS) is 13.8. The zero-order chi connectivity index (χ0) is 14.9. The minimum atomic E-state index is -1.41. The summed E-state index contributed by atoms with van der Waals surface area (Å²) in [6, 6.07) is 11.3. The molecule has 2 aromatic rings. The molecule has 0 aliphatic carbocycles. The van der Waals surface area contributed by atoms with Crippen LogP contribution in [0.1, 0.15) is 28.4 Å². The molecule has 0 bridgehead atoms. The molecule has 0 heterocycles. The largest absolute Gasteiger partial charge is 0.315 e. The first kappa shape index (κ1) is 14.3. The number of hydrogen-bond donors (Lipinski definition) is 1. The van der Waals surface area contributed by atoms with E-state index in [1.54, 1.807) is 30.3 Å². The molecule has 104 valence electrons. The van der Waals surface area contributed by atoms with Gasteiger partial charge in [-0.2, -0.15) is 0 Å². The van der Waals surface area contributed by atoms with E-state index in [2.05, 4.69) is 0 Å². The van der Waals surface area contributed by atoms with Gasteiger partial charge in [0.05, 0.1) is 5.56 Å². The maximum Gasteiger partial charge on any atom is 0.189 e. The maximum absolute atomic E-state index is 13.9. The van der Waals surface area contributed by atoms with E-state index < -0.39 is 23.0 Å². The minimum absolute atomic E-state index is 0.150. The molecule has 0 amide bonds. The second kappa shape index (κ2) is 5.13.